The number of nitrogens with one attached hydrogen (secondary N) is 1. The van der Waals surface area contributed by atoms with Gasteiger partial charge in [0.2, 0.25) is 0 Å². The Kier molecular flexibility index (Phi) is 5.58. The van der Waals surface area contributed by atoms with E-state index >= 15 is 0 Å². The molecule has 4 nitrogen and oxygen atoms in total. The van der Waals surface area contributed by atoms with Crippen molar-refractivity contribution in [1.29, 1.82) is 0 Å². The van der Waals surface area contributed by atoms with E-state index in [4.69, 9.17) is 4.74 Å². The fourth-order valence-electron chi connectivity index (χ4n) is 2.96. The van der Waals surface area contributed by atoms with E-state index in [1.807, 2.05) is 26.0 Å². The predicted molar refractivity (Wildman–Crippen MR) is 85.8 cm³/mol. The monoisotopic (exact) mass is 303 g/mol. The lowest BCUT2D eigenvalue weighted by Gasteiger charge is -2.29. The molecule has 0 bridgehead atoms. The minimum atomic E-state index is -0.437. The highest BCUT2D eigenvalue weighted by atomic mass is 16.5. The third-order valence-electron chi connectivity index (χ3n) is 4.62. The highest BCUT2D eigenvalue weighted by Crippen LogP contribution is 2.23. The molecule has 1 fully saturated rings. The summed E-state index contributed by atoms with van der Waals surface area (Å²) in [5, 5.41) is 2.99. The van der Waals surface area contributed by atoms with Crippen LogP contribution in [0.15, 0.2) is 18.2 Å². The minimum absolute atomic E-state index is 0.209. The van der Waals surface area contributed by atoms with Crippen LogP contribution in [0.3, 0.4) is 0 Å². The van der Waals surface area contributed by atoms with Gasteiger partial charge < -0.3 is 10.1 Å². The van der Waals surface area contributed by atoms with Crippen LogP contribution in [0, 0.1) is 19.8 Å². The maximum absolute atomic E-state index is 12.1. The molecule has 0 heterocycles. The zero-order chi connectivity index (χ0) is 16.1. The summed E-state index contributed by atoms with van der Waals surface area (Å²) in [7, 11) is 0. The highest BCUT2D eigenvalue weighted by molar-refractivity contribution is 5.93. The summed E-state index contributed by atoms with van der Waals surface area (Å²) in [6, 6.07) is 5.71. The molecule has 1 saturated carbocycles. The lowest BCUT2D eigenvalue weighted by Crippen LogP contribution is -2.42. The lowest BCUT2D eigenvalue weighted by atomic mass is 9.86. The van der Waals surface area contributed by atoms with Gasteiger partial charge in [0, 0.05) is 6.04 Å². The van der Waals surface area contributed by atoms with Crippen molar-refractivity contribution in [3.05, 3.63) is 34.9 Å². The van der Waals surface area contributed by atoms with Gasteiger partial charge in [-0.1, -0.05) is 31.9 Å². The van der Waals surface area contributed by atoms with Crippen LogP contribution in [0.4, 0.5) is 0 Å². The van der Waals surface area contributed by atoms with Gasteiger partial charge in [-0.2, -0.15) is 0 Å². The van der Waals surface area contributed by atoms with E-state index in [1.165, 1.54) is 6.42 Å². The molecule has 0 spiro atoms. The average molecular weight is 303 g/mol. The quantitative estimate of drug-likeness (QED) is 0.869. The zero-order valence-electron chi connectivity index (χ0n) is 13.6. The molecular weight excluding hydrogens is 278 g/mol. The van der Waals surface area contributed by atoms with Crippen molar-refractivity contribution < 1.29 is 14.3 Å². The number of ether oxygens (including phenoxy) is 1. The van der Waals surface area contributed by atoms with Crippen LogP contribution in [0.25, 0.3) is 0 Å². The van der Waals surface area contributed by atoms with Crippen LogP contribution in [0.1, 0.15) is 54.1 Å². The van der Waals surface area contributed by atoms with Crippen molar-refractivity contribution in [1.82, 2.24) is 5.32 Å². The number of esters is 1. The first-order valence-electron chi connectivity index (χ1n) is 8.01. The van der Waals surface area contributed by atoms with E-state index < -0.39 is 5.97 Å². The Balaban J connectivity index is 1.85. The fourth-order valence-corrected chi connectivity index (χ4v) is 2.96. The van der Waals surface area contributed by atoms with Gasteiger partial charge in [-0.25, -0.2) is 4.79 Å². The number of hydrogen-bond acceptors (Lipinski definition) is 3. The van der Waals surface area contributed by atoms with E-state index in [2.05, 4.69) is 12.2 Å². The SMILES string of the molecule is Cc1cccc(C(=O)OCC(=O)N[C@@H]2CCCC[C@H]2C)c1C. The normalized spacial score (nSPS) is 21.2. The number of aryl methyl sites for hydroxylation is 1. The molecule has 1 aromatic rings. The van der Waals surface area contributed by atoms with E-state index in [1.54, 1.807) is 6.07 Å². The third kappa shape index (κ3) is 4.09. The van der Waals surface area contributed by atoms with E-state index in [0.29, 0.717) is 11.5 Å². The molecule has 0 unspecified atom stereocenters. The van der Waals surface area contributed by atoms with Gasteiger partial charge in [-0.15, -0.1) is 0 Å². The predicted octanol–water partition coefficient (Wildman–Crippen LogP) is 3.16. The van der Waals surface area contributed by atoms with Crippen molar-refractivity contribution in [2.45, 2.75) is 52.5 Å². The molecule has 1 N–H and O–H groups in total. The minimum Gasteiger partial charge on any atom is -0.452 e. The van der Waals surface area contributed by atoms with Crippen LogP contribution in [-0.4, -0.2) is 24.5 Å². The molecule has 2 atom stereocenters. The number of rotatable bonds is 4. The molecule has 4 heteroatoms. The van der Waals surface area contributed by atoms with Gasteiger partial charge >= 0.3 is 5.97 Å². The van der Waals surface area contributed by atoms with Gasteiger partial charge in [-0.3, -0.25) is 4.79 Å². The third-order valence-corrected chi connectivity index (χ3v) is 4.62. The number of amides is 1. The van der Waals surface area contributed by atoms with Gasteiger partial charge in [0.25, 0.3) is 5.91 Å². The summed E-state index contributed by atoms with van der Waals surface area (Å²) in [6.07, 6.45) is 4.54. The van der Waals surface area contributed by atoms with Crippen molar-refractivity contribution in [2.75, 3.05) is 6.61 Å². The molecule has 1 amide bonds. The fraction of sp³-hybridized carbons (Fsp3) is 0.556. The van der Waals surface area contributed by atoms with Gasteiger partial charge in [0.1, 0.15) is 0 Å². The van der Waals surface area contributed by atoms with Crippen LogP contribution in [0.5, 0.6) is 0 Å². The molecule has 1 aromatic carbocycles. The summed E-state index contributed by atoms with van der Waals surface area (Å²) < 4.78 is 5.15. The van der Waals surface area contributed by atoms with Crippen LogP contribution >= 0.6 is 0 Å². The average Bonchev–Trinajstić information content (AvgIpc) is 2.50. The van der Waals surface area contributed by atoms with Gasteiger partial charge in [0.05, 0.1) is 5.56 Å². The second-order valence-corrected chi connectivity index (χ2v) is 6.26. The standard InChI is InChI=1S/C18H25NO3/c1-12-8-6-9-15(14(12)3)18(21)22-11-17(20)19-16-10-5-4-7-13(16)2/h6,8-9,13,16H,4-5,7,10-11H2,1-3H3,(H,19,20)/t13-,16-/m1/s1. The summed E-state index contributed by atoms with van der Waals surface area (Å²) >= 11 is 0. The first-order valence-corrected chi connectivity index (χ1v) is 8.01. The Hall–Kier alpha value is -1.84. The molecule has 0 radical (unpaired) electrons. The van der Waals surface area contributed by atoms with Crippen molar-refractivity contribution in [2.24, 2.45) is 5.92 Å². The summed E-state index contributed by atoms with van der Waals surface area (Å²) in [6.45, 7) is 5.78. The molecule has 1 aliphatic carbocycles. The van der Waals surface area contributed by atoms with Crippen molar-refractivity contribution >= 4 is 11.9 Å². The van der Waals surface area contributed by atoms with E-state index in [9.17, 15) is 9.59 Å². The Morgan fingerprint density at radius 2 is 1.95 bits per heavy atom. The summed E-state index contributed by atoms with van der Waals surface area (Å²) in [4.78, 5) is 24.0. The highest BCUT2D eigenvalue weighted by Gasteiger charge is 2.23. The zero-order valence-corrected chi connectivity index (χ0v) is 13.6. The molecule has 1 aliphatic rings. The molecule has 120 valence electrons. The van der Waals surface area contributed by atoms with Crippen molar-refractivity contribution in [3.8, 4) is 0 Å². The Morgan fingerprint density at radius 3 is 2.68 bits per heavy atom. The largest absolute Gasteiger partial charge is 0.452 e. The summed E-state index contributed by atoms with van der Waals surface area (Å²) in [5.74, 6) is -0.155. The Bertz CT molecular complexity index is 553. The van der Waals surface area contributed by atoms with Gasteiger partial charge in [0.15, 0.2) is 6.61 Å². The second kappa shape index (κ2) is 7.43. The number of carbonyl (C=O) groups excluding carboxylic acids is 2. The smallest absolute Gasteiger partial charge is 0.338 e. The summed E-state index contributed by atoms with van der Waals surface area (Å²) in [5.41, 5.74) is 2.46. The van der Waals surface area contributed by atoms with Crippen LogP contribution in [0.2, 0.25) is 0 Å². The van der Waals surface area contributed by atoms with E-state index in [0.717, 1.165) is 30.4 Å². The topological polar surface area (TPSA) is 55.4 Å². The molecule has 0 aliphatic heterocycles. The van der Waals surface area contributed by atoms with Crippen molar-refractivity contribution in [3.63, 3.8) is 0 Å². The molecular formula is C18H25NO3. The molecule has 0 saturated heterocycles. The van der Waals surface area contributed by atoms with E-state index in [-0.39, 0.29) is 18.6 Å². The number of carbonyl (C=O) groups is 2. The molecule has 22 heavy (non-hydrogen) atoms. The van der Waals surface area contributed by atoms with Gasteiger partial charge in [-0.05, 0) is 49.8 Å². The Labute approximate surface area is 132 Å². The maximum Gasteiger partial charge on any atom is 0.338 e. The Morgan fingerprint density at radius 1 is 1.23 bits per heavy atom. The first-order chi connectivity index (χ1) is 10.5. The molecule has 2 rings (SSSR count). The number of hydrogen-bond donors (Lipinski definition) is 1. The first kappa shape index (κ1) is 16.5. The van der Waals surface area contributed by atoms with Crippen LogP contribution in [-0.2, 0) is 9.53 Å². The van der Waals surface area contributed by atoms with Crippen LogP contribution < -0.4 is 5.32 Å². The second-order valence-electron chi connectivity index (χ2n) is 6.26. The lowest BCUT2D eigenvalue weighted by molar-refractivity contribution is -0.125. The number of benzene rings is 1. The molecule has 0 aromatic heterocycles. The maximum atomic E-state index is 12.1.